The fourth-order valence-electron chi connectivity index (χ4n) is 2.96. The van der Waals surface area contributed by atoms with Gasteiger partial charge in [0.15, 0.2) is 0 Å². The average molecular weight is 490 g/mol. The molecule has 0 spiro atoms. The molecule has 33 heavy (non-hydrogen) atoms. The van der Waals surface area contributed by atoms with E-state index in [2.05, 4.69) is 5.43 Å². The minimum absolute atomic E-state index is 0.204. The second kappa shape index (κ2) is 14.0. The third-order valence-corrected chi connectivity index (χ3v) is 6.28. The summed E-state index contributed by atoms with van der Waals surface area (Å²) in [7, 11) is 3.92. The first kappa shape index (κ1) is 25.2. The van der Waals surface area contributed by atoms with E-state index in [0.717, 1.165) is 27.6 Å². The summed E-state index contributed by atoms with van der Waals surface area (Å²) in [5, 5.41) is 5.94. The van der Waals surface area contributed by atoms with E-state index < -0.39 is 0 Å². The number of thiophene rings is 2. The quantitative estimate of drug-likeness (QED) is 0.264. The Balaban J connectivity index is 1.33. The molecule has 0 unspecified atom stereocenters. The number of rotatable bonds is 14. The Bertz CT molecular complexity index is 897. The van der Waals surface area contributed by atoms with E-state index in [-0.39, 0.29) is 12.7 Å². The van der Waals surface area contributed by atoms with Crippen molar-refractivity contribution in [2.75, 3.05) is 40.5 Å². The second-order valence-electron chi connectivity index (χ2n) is 7.47. The van der Waals surface area contributed by atoms with Crippen molar-refractivity contribution in [3.05, 3.63) is 74.6 Å². The first-order valence-electron chi connectivity index (χ1n) is 10.8. The molecule has 0 aliphatic rings. The average Bonchev–Trinajstić information content (AvgIpc) is 3.51. The third-order valence-electron chi connectivity index (χ3n) is 4.56. The van der Waals surface area contributed by atoms with Gasteiger partial charge in [0, 0.05) is 30.4 Å². The molecule has 3 aromatic rings. The zero-order valence-electron chi connectivity index (χ0n) is 19.1. The summed E-state index contributed by atoms with van der Waals surface area (Å²) in [5.41, 5.74) is 4.37. The third kappa shape index (κ3) is 9.53. The molecule has 1 amide bonds. The lowest BCUT2D eigenvalue weighted by Crippen LogP contribution is -2.31. The number of carbonyl (C=O) groups excluding carboxylic acids is 1. The largest absolute Gasteiger partial charge is 0.491 e. The van der Waals surface area contributed by atoms with Gasteiger partial charge >= 0.3 is 6.09 Å². The highest BCUT2D eigenvalue weighted by Crippen LogP contribution is 2.18. The van der Waals surface area contributed by atoms with Crippen LogP contribution in [0.4, 0.5) is 4.79 Å². The molecule has 0 aliphatic carbocycles. The predicted molar refractivity (Wildman–Crippen MR) is 133 cm³/mol. The lowest BCUT2D eigenvalue weighted by molar-refractivity contribution is 0.0429. The van der Waals surface area contributed by atoms with E-state index in [1.54, 1.807) is 27.6 Å². The van der Waals surface area contributed by atoms with Crippen molar-refractivity contribution in [1.82, 2.24) is 15.3 Å². The van der Waals surface area contributed by atoms with Crippen LogP contribution in [0, 0.1) is 0 Å². The summed E-state index contributed by atoms with van der Waals surface area (Å²) in [6.45, 7) is 3.19. The SMILES string of the molecule is CN(C)NCc1cccc(OCCOCCOC(=O)N(Cc2cccs2)Cc2cccs2)c1. The molecule has 1 N–H and O–H groups in total. The van der Waals surface area contributed by atoms with Crippen LogP contribution in [0.2, 0.25) is 0 Å². The van der Waals surface area contributed by atoms with Crippen LogP contribution in [-0.2, 0) is 29.1 Å². The summed E-state index contributed by atoms with van der Waals surface area (Å²) >= 11 is 3.26. The number of carbonyl (C=O) groups is 1. The molecule has 0 fully saturated rings. The van der Waals surface area contributed by atoms with Gasteiger partial charge < -0.3 is 14.2 Å². The Morgan fingerprint density at radius 2 is 1.61 bits per heavy atom. The van der Waals surface area contributed by atoms with Gasteiger partial charge in [0.2, 0.25) is 0 Å². The molecule has 0 radical (unpaired) electrons. The van der Waals surface area contributed by atoms with E-state index in [1.807, 2.05) is 78.4 Å². The van der Waals surface area contributed by atoms with Crippen molar-refractivity contribution in [3.8, 4) is 5.75 Å². The van der Waals surface area contributed by atoms with Crippen LogP contribution in [0.5, 0.6) is 5.75 Å². The summed E-state index contributed by atoms with van der Waals surface area (Å²) in [6, 6.07) is 16.0. The highest BCUT2D eigenvalue weighted by atomic mass is 32.1. The van der Waals surface area contributed by atoms with Crippen LogP contribution in [0.3, 0.4) is 0 Å². The Morgan fingerprint density at radius 1 is 0.909 bits per heavy atom. The molecule has 0 saturated carbocycles. The second-order valence-corrected chi connectivity index (χ2v) is 9.53. The minimum Gasteiger partial charge on any atom is -0.491 e. The van der Waals surface area contributed by atoms with E-state index >= 15 is 0 Å². The molecule has 2 heterocycles. The standard InChI is InChI=1S/C24H31N3O4S2/c1-26(2)25-17-20-6-3-7-21(16-20)30-12-10-29-11-13-31-24(28)27(18-22-8-4-14-32-22)19-23-9-5-15-33-23/h3-9,14-16,25H,10-13,17-19H2,1-2H3. The number of hydrogen-bond acceptors (Lipinski definition) is 8. The first-order valence-corrected chi connectivity index (χ1v) is 12.5. The molecular weight excluding hydrogens is 458 g/mol. The molecule has 1 aromatic carbocycles. The van der Waals surface area contributed by atoms with Crippen LogP contribution < -0.4 is 10.2 Å². The first-order chi connectivity index (χ1) is 16.1. The zero-order chi connectivity index (χ0) is 23.3. The van der Waals surface area contributed by atoms with E-state index in [0.29, 0.717) is 32.9 Å². The number of nitrogens with one attached hydrogen (secondary N) is 1. The molecule has 9 heteroatoms. The van der Waals surface area contributed by atoms with Gasteiger partial charge in [0.1, 0.15) is 19.0 Å². The maximum atomic E-state index is 12.6. The summed E-state index contributed by atoms with van der Waals surface area (Å²) < 4.78 is 16.8. The molecule has 0 atom stereocenters. The molecule has 0 saturated heterocycles. The summed E-state index contributed by atoms with van der Waals surface area (Å²) in [5.74, 6) is 0.806. The Kier molecular flexibility index (Phi) is 10.7. The monoisotopic (exact) mass is 489 g/mol. The zero-order valence-corrected chi connectivity index (χ0v) is 20.7. The van der Waals surface area contributed by atoms with Gasteiger partial charge in [-0.25, -0.2) is 4.79 Å². The van der Waals surface area contributed by atoms with Gasteiger partial charge in [-0.3, -0.25) is 15.3 Å². The van der Waals surface area contributed by atoms with Crippen LogP contribution in [0.15, 0.2) is 59.3 Å². The van der Waals surface area contributed by atoms with Gasteiger partial charge in [0.05, 0.1) is 26.3 Å². The normalized spacial score (nSPS) is 11.0. The molecule has 0 bridgehead atoms. The van der Waals surface area contributed by atoms with E-state index in [9.17, 15) is 4.79 Å². The molecule has 3 rings (SSSR count). The van der Waals surface area contributed by atoms with E-state index in [1.165, 1.54) is 0 Å². The number of hydrazine groups is 1. The number of hydrogen-bond donors (Lipinski definition) is 1. The molecule has 0 aliphatic heterocycles. The molecular formula is C24H31N3O4S2. The maximum Gasteiger partial charge on any atom is 0.410 e. The lowest BCUT2D eigenvalue weighted by Gasteiger charge is -2.21. The predicted octanol–water partition coefficient (Wildman–Crippen LogP) is 4.61. The van der Waals surface area contributed by atoms with E-state index in [4.69, 9.17) is 14.2 Å². The Morgan fingerprint density at radius 3 is 2.24 bits per heavy atom. The number of nitrogens with zero attached hydrogens (tertiary/aromatic N) is 2. The maximum absolute atomic E-state index is 12.6. The van der Waals surface area contributed by atoms with Crippen molar-refractivity contribution in [2.45, 2.75) is 19.6 Å². The van der Waals surface area contributed by atoms with Crippen LogP contribution >= 0.6 is 22.7 Å². The highest BCUT2D eigenvalue weighted by Gasteiger charge is 2.17. The molecule has 7 nitrogen and oxygen atoms in total. The number of amides is 1. The van der Waals surface area contributed by atoms with Crippen LogP contribution in [0.25, 0.3) is 0 Å². The summed E-state index contributed by atoms with van der Waals surface area (Å²) in [4.78, 5) is 16.6. The van der Waals surface area contributed by atoms with Crippen LogP contribution in [-0.4, -0.2) is 56.5 Å². The number of ether oxygens (including phenoxy) is 3. The van der Waals surface area contributed by atoms with Gasteiger partial charge in [-0.1, -0.05) is 24.3 Å². The van der Waals surface area contributed by atoms with Gasteiger partial charge in [-0.2, -0.15) is 0 Å². The van der Waals surface area contributed by atoms with Crippen molar-refractivity contribution in [2.24, 2.45) is 0 Å². The van der Waals surface area contributed by atoms with Gasteiger partial charge in [-0.05, 0) is 40.6 Å². The van der Waals surface area contributed by atoms with Crippen molar-refractivity contribution < 1.29 is 19.0 Å². The Hall–Kier alpha value is -2.43. The van der Waals surface area contributed by atoms with Gasteiger partial charge in [-0.15, -0.1) is 22.7 Å². The van der Waals surface area contributed by atoms with Crippen molar-refractivity contribution >= 4 is 28.8 Å². The molecule has 2 aromatic heterocycles. The molecule has 178 valence electrons. The van der Waals surface area contributed by atoms with Crippen molar-refractivity contribution in [1.29, 1.82) is 0 Å². The van der Waals surface area contributed by atoms with Gasteiger partial charge in [0.25, 0.3) is 0 Å². The minimum atomic E-state index is -0.334. The fourth-order valence-corrected chi connectivity index (χ4v) is 4.40. The topological polar surface area (TPSA) is 63.3 Å². The lowest BCUT2D eigenvalue weighted by atomic mass is 10.2. The smallest absolute Gasteiger partial charge is 0.410 e. The fraction of sp³-hybridized carbons (Fsp3) is 0.375. The van der Waals surface area contributed by atoms with Crippen LogP contribution in [0.1, 0.15) is 15.3 Å². The number of benzene rings is 1. The Labute approximate surface area is 203 Å². The van der Waals surface area contributed by atoms with Crippen molar-refractivity contribution in [3.63, 3.8) is 0 Å². The summed E-state index contributed by atoms with van der Waals surface area (Å²) in [6.07, 6.45) is -0.334. The highest BCUT2D eigenvalue weighted by molar-refractivity contribution is 7.10.